The minimum Gasteiger partial charge on any atom is -0.469 e. The van der Waals surface area contributed by atoms with Crippen molar-refractivity contribution in [2.45, 2.75) is 116 Å². The predicted molar refractivity (Wildman–Crippen MR) is 267 cm³/mol. The van der Waals surface area contributed by atoms with Gasteiger partial charge in [-0.15, -0.1) is 0 Å². The van der Waals surface area contributed by atoms with E-state index in [2.05, 4.69) is 46.1 Å². The normalized spacial score (nSPS) is 12.9. The molecule has 0 spiro atoms. The molecule has 37 heteroatoms. The number of ether oxygens (including phenoxy) is 3. The summed E-state index contributed by atoms with van der Waals surface area (Å²) in [7, 11) is 3.28. The van der Waals surface area contributed by atoms with Gasteiger partial charge >= 0.3 is 17.9 Å². The van der Waals surface area contributed by atoms with Crippen molar-refractivity contribution < 1.29 is 117 Å². The predicted octanol–water partition coefficient (Wildman–Crippen LogP) is -6.52. The number of carbonyl (C=O) groups excluding carboxylic acids is 15. The molecular formula is C45H75N13O24. The first-order valence-electron chi connectivity index (χ1n) is 24.9. The SMILES string of the molecule is COC(=O)CCN(O)C(=O)[C@@H](C)NC(=O)CCN(O)C(=O)[C@H](C)NC(=O)CN(CC(=O)N[C@@H](C)C(=O)N(O)CCC(=O)N[C@H](C)C(=O)N(O)CCC(=O)OC)CC(=O)N[C@@H](C)C(=O)N(O)CCC(=O)N[C@H](C)C(=O)N(O)CCC(=O)OC. The number of hydroxylamine groups is 12. The number of carbonyl (C=O) groups is 15. The number of esters is 3. The van der Waals surface area contributed by atoms with E-state index >= 15 is 0 Å². The van der Waals surface area contributed by atoms with Gasteiger partial charge in [0.1, 0.15) is 36.3 Å². The van der Waals surface area contributed by atoms with E-state index < -0.39 is 203 Å². The summed E-state index contributed by atoms with van der Waals surface area (Å²) in [5.41, 5.74) is 0. The van der Waals surface area contributed by atoms with Gasteiger partial charge in [0, 0.05) is 19.3 Å². The maximum absolute atomic E-state index is 13.3. The summed E-state index contributed by atoms with van der Waals surface area (Å²) in [5, 5.41) is 74.9. The molecule has 0 aromatic heterocycles. The number of rotatable bonds is 36. The minimum atomic E-state index is -1.56. The first kappa shape index (κ1) is 73.8. The Balaban J connectivity index is 5.91. The first-order chi connectivity index (χ1) is 38.2. The number of hydrogen-bond donors (Lipinski definition) is 12. The third-order valence-corrected chi connectivity index (χ3v) is 11.0. The maximum atomic E-state index is 13.3. The molecule has 0 aliphatic carbocycles. The highest BCUT2D eigenvalue weighted by Crippen LogP contribution is 2.04. The molecule has 0 aromatic carbocycles. The van der Waals surface area contributed by atoms with E-state index in [9.17, 15) is 103 Å². The van der Waals surface area contributed by atoms with E-state index in [1.54, 1.807) is 0 Å². The monoisotopic (exact) mass is 1180 g/mol. The van der Waals surface area contributed by atoms with Crippen LogP contribution >= 0.6 is 0 Å². The van der Waals surface area contributed by atoms with Gasteiger partial charge in [-0.1, -0.05) is 0 Å². The van der Waals surface area contributed by atoms with E-state index in [4.69, 9.17) is 0 Å². The molecule has 12 N–H and O–H groups in total. The average molecular weight is 1180 g/mol. The van der Waals surface area contributed by atoms with Gasteiger partial charge in [0.15, 0.2) is 0 Å². The van der Waals surface area contributed by atoms with Gasteiger partial charge in [-0.2, -0.15) is 0 Å². The number of hydrogen-bond acceptors (Lipinski definition) is 25. The Hall–Kier alpha value is -8.23. The van der Waals surface area contributed by atoms with Crippen LogP contribution in [0, 0.1) is 0 Å². The second kappa shape index (κ2) is 37.7. The van der Waals surface area contributed by atoms with Crippen LogP contribution in [0.5, 0.6) is 0 Å². The van der Waals surface area contributed by atoms with Crippen molar-refractivity contribution >= 4 is 88.8 Å². The number of nitrogens with zero attached hydrogens (tertiary/aromatic N) is 7. The van der Waals surface area contributed by atoms with Crippen molar-refractivity contribution in [3.05, 3.63) is 0 Å². The van der Waals surface area contributed by atoms with Gasteiger partial charge < -0.3 is 46.1 Å². The van der Waals surface area contributed by atoms with Gasteiger partial charge in [-0.25, -0.2) is 30.4 Å². The Labute approximate surface area is 469 Å². The van der Waals surface area contributed by atoms with Crippen molar-refractivity contribution in [2.75, 3.05) is 80.2 Å². The lowest BCUT2D eigenvalue weighted by atomic mass is 10.2. The van der Waals surface area contributed by atoms with Gasteiger partial charge in [0.2, 0.25) is 35.4 Å². The van der Waals surface area contributed by atoms with Crippen LogP contribution in [-0.2, 0) is 86.1 Å². The van der Waals surface area contributed by atoms with E-state index in [1.165, 1.54) is 20.8 Å². The molecule has 0 saturated heterocycles. The quantitative estimate of drug-likeness (QED) is 0.0120. The molecular weight excluding hydrogens is 1110 g/mol. The highest BCUT2D eigenvalue weighted by molar-refractivity contribution is 5.93. The number of nitrogens with one attached hydrogen (secondary N) is 6. The highest BCUT2D eigenvalue weighted by atomic mass is 16.5. The summed E-state index contributed by atoms with van der Waals surface area (Å²) >= 11 is 0. The van der Waals surface area contributed by atoms with Crippen LogP contribution in [0.4, 0.5) is 0 Å². The van der Waals surface area contributed by atoms with Crippen LogP contribution in [0.25, 0.3) is 0 Å². The fraction of sp³-hybridized carbons (Fsp3) is 0.667. The lowest BCUT2D eigenvalue weighted by Crippen LogP contribution is -2.54. The Morgan fingerprint density at radius 1 is 0.293 bits per heavy atom. The molecule has 0 unspecified atom stereocenters. The van der Waals surface area contributed by atoms with Crippen molar-refractivity contribution in [1.29, 1.82) is 0 Å². The Morgan fingerprint density at radius 3 is 0.622 bits per heavy atom. The second-order valence-corrected chi connectivity index (χ2v) is 17.9. The molecule has 0 aliphatic rings. The standard InChI is InChI=1S/C45H75N13O24/c1-25(40(68)56(77)19-13-37(65)80-7)46-31(59)10-16-53(74)43(71)28(4)49-34(62)22-52(23-35(63)50-29(5)44(72)54(75)17-11-32(60)47-26(2)41(69)57(78)20-14-38(66)81-8)24-36(64)51-30(6)45(73)55(76)18-12-33(61)48-27(3)42(70)58(79)21-15-39(67)82-9/h25-30,74-79H,10-24H2,1-9H3,(H,46,59)(H,47,60)(H,48,61)(H,49,62)(H,50,63)(H,51,64)/t25-,26-,27-,28+,29+,30+/m1/s1. The summed E-state index contributed by atoms with van der Waals surface area (Å²) in [6, 6.07) is -8.67. The molecule has 0 bridgehead atoms. The van der Waals surface area contributed by atoms with Crippen LogP contribution in [0.3, 0.4) is 0 Å². The number of amides is 12. The molecule has 0 fully saturated rings. The van der Waals surface area contributed by atoms with Crippen LogP contribution < -0.4 is 31.9 Å². The van der Waals surface area contributed by atoms with Crippen molar-refractivity contribution in [1.82, 2.24) is 67.2 Å². The second-order valence-electron chi connectivity index (χ2n) is 17.9. The fourth-order valence-electron chi connectivity index (χ4n) is 6.47. The zero-order valence-electron chi connectivity index (χ0n) is 46.7. The lowest BCUT2D eigenvalue weighted by molar-refractivity contribution is -0.171. The van der Waals surface area contributed by atoms with Crippen LogP contribution in [0.2, 0.25) is 0 Å². The molecule has 37 nitrogen and oxygen atoms in total. The third kappa shape index (κ3) is 28.8. The van der Waals surface area contributed by atoms with Gasteiger partial charge in [-0.05, 0) is 41.5 Å². The van der Waals surface area contributed by atoms with Gasteiger partial charge in [0.05, 0.1) is 99.5 Å². The summed E-state index contributed by atoms with van der Waals surface area (Å²) in [5.74, 6) is -14.7. The molecule has 0 aliphatic heterocycles. The molecule has 0 radical (unpaired) electrons. The van der Waals surface area contributed by atoms with Crippen molar-refractivity contribution in [3.63, 3.8) is 0 Å². The van der Waals surface area contributed by atoms with E-state index in [0.29, 0.717) is 0 Å². The zero-order valence-corrected chi connectivity index (χ0v) is 46.7. The molecule has 82 heavy (non-hydrogen) atoms. The summed E-state index contributed by atoms with van der Waals surface area (Å²) in [6.45, 7) is 0.746. The van der Waals surface area contributed by atoms with Crippen LogP contribution in [0.1, 0.15) is 80.1 Å². The van der Waals surface area contributed by atoms with Gasteiger partial charge in [-0.3, -0.25) is 108 Å². The van der Waals surface area contributed by atoms with Crippen LogP contribution in [-0.4, -0.2) is 272 Å². The van der Waals surface area contributed by atoms with Crippen molar-refractivity contribution in [3.8, 4) is 0 Å². The molecule has 6 atom stereocenters. The number of methoxy groups -OCH3 is 3. The van der Waals surface area contributed by atoms with E-state index in [0.717, 1.165) is 47.0 Å². The third-order valence-electron chi connectivity index (χ3n) is 11.0. The largest absolute Gasteiger partial charge is 0.469 e. The Morgan fingerprint density at radius 2 is 0.451 bits per heavy atom. The van der Waals surface area contributed by atoms with Gasteiger partial charge in [0.25, 0.3) is 35.4 Å². The van der Waals surface area contributed by atoms with E-state index in [1.807, 2.05) is 0 Å². The van der Waals surface area contributed by atoms with E-state index in [-0.39, 0.29) is 49.6 Å². The summed E-state index contributed by atoms with van der Waals surface area (Å²) < 4.78 is 13.3. The first-order valence-corrected chi connectivity index (χ1v) is 24.9. The molecule has 0 saturated carbocycles. The highest BCUT2D eigenvalue weighted by Gasteiger charge is 2.30. The van der Waals surface area contributed by atoms with Crippen molar-refractivity contribution in [2.24, 2.45) is 0 Å². The average Bonchev–Trinajstić information content (AvgIpc) is 3.44. The topological polar surface area (TPSA) is 500 Å². The summed E-state index contributed by atoms with van der Waals surface area (Å²) in [6.07, 6.45) is -2.89. The minimum absolute atomic E-state index is 0.0564. The Bertz CT molecular complexity index is 2030. The molecule has 0 heterocycles. The Kier molecular flexibility index (Phi) is 33.9. The maximum Gasteiger partial charge on any atom is 0.307 e. The molecule has 0 aromatic rings. The fourth-order valence-corrected chi connectivity index (χ4v) is 6.47. The zero-order chi connectivity index (χ0) is 63.1. The molecule has 12 amide bonds. The smallest absolute Gasteiger partial charge is 0.307 e. The summed E-state index contributed by atoms with van der Waals surface area (Å²) in [4.78, 5) is 188. The van der Waals surface area contributed by atoms with Crippen LogP contribution in [0.15, 0.2) is 0 Å². The molecule has 464 valence electrons. The lowest BCUT2D eigenvalue weighted by Gasteiger charge is -2.26. The molecule has 0 rings (SSSR count).